The van der Waals surface area contributed by atoms with E-state index in [-0.39, 0.29) is 0 Å². The Morgan fingerprint density at radius 3 is 0.880 bits per heavy atom. The molecule has 0 amide bonds. The lowest BCUT2D eigenvalue weighted by Gasteiger charge is -2.04. The van der Waals surface area contributed by atoms with E-state index in [1.807, 2.05) is 0 Å². The first-order chi connectivity index (χ1) is 12.4. The molecule has 1 nitrogen and oxygen atoms in total. The van der Waals surface area contributed by atoms with E-state index in [0.29, 0.717) is 0 Å². The lowest BCUT2D eigenvalue weighted by Crippen LogP contribution is -1.86. The molecule has 0 bridgehead atoms. The standard InChI is InChI=1S/C23H50OSi/c1-2-3-4-5-6-7-8-9-10-11-12-13-14-15-16-17-18-19-20-21-22-23-25-24/h24H,2-23,25H2,1H3. The van der Waals surface area contributed by atoms with Gasteiger partial charge in [0.05, 0.1) is 0 Å². The van der Waals surface area contributed by atoms with Gasteiger partial charge in [-0.05, 0) is 6.04 Å². The van der Waals surface area contributed by atoms with Crippen LogP contribution in [0.3, 0.4) is 0 Å². The quantitative estimate of drug-likeness (QED) is 0.153. The van der Waals surface area contributed by atoms with Crippen molar-refractivity contribution in [2.45, 2.75) is 148 Å². The summed E-state index contributed by atoms with van der Waals surface area (Å²) >= 11 is 0. The summed E-state index contributed by atoms with van der Waals surface area (Å²) in [6.07, 6.45) is 30.3. The predicted octanol–water partition coefficient (Wildman–Crippen LogP) is 7.69. The molecular weight excluding hydrogens is 320 g/mol. The average Bonchev–Trinajstić information content (AvgIpc) is 2.63. The van der Waals surface area contributed by atoms with Gasteiger partial charge in [-0.3, -0.25) is 0 Å². The Morgan fingerprint density at radius 2 is 0.640 bits per heavy atom. The summed E-state index contributed by atoms with van der Waals surface area (Å²) in [6.45, 7) is 2.30. The van der Waals surface area contributed by atoms with Gasteiger partial charge in [-0.1, -0.05) is 142 Å². The molecule has 0 atom stereocenters. The number of hydrogen-bond acceptors (Lipinski definition) is 1. The second-order valence-corrected chi connectivity index (χ2v) is 9.30. The highest BCUT2D eigenvalue weighted by Crippen LogP contribution is 2.15. The molecule has 0 aromatic rings. The van der Waals surface area contributed by atoms with Crippen LogP contribution in [0.4, 0.5) is 0 Å². The first kappa shape index (κ1) is 25.2. The molecule has 0 rings (SSSR count). The van der Waals surface area contributed by atoms with Crippen LogP contribution in [-0.4, -0.2) is 14.6 Å². The van der Waals surface area contributed by atoms with Gasteiger partial charge in [0.25, 0.3) is 0 Å². The molecule has 0 saturated carbocycles. The molecule has 0 radical (unpaired) electrons. The molecule has 1 N–H and O–H groups in total. The van der Waals surface area contributed by atoms with Gasteiger partial charge in [-0.2, -0.15) is 0 Å². The van der Waals surface area contributed by atoms with Gasteiger partial charge in [0, 0.05) is 0 Å². The fraction of sp³-hybridized carbons (Fsp3) is 1.00. The van der Waals surface area contributed by atoms with Crippen LogP contribution in [0.15, 0.2) is 0 Å². The van der Waals surface area contributed by atoms with E-state index in [2.05, 4.69) is 6.92 Å². The molecule has 0 unspecified atom stereocenters. The average molecular weight is 371 g/mol. The van der Waals surface area contributed by atoms with Crippen LogP contribution in [0.2, 0.25) is 6.04 Å². The Bertz CT molecular complexity index is 198. The summed E-state index contributed by atoms with van der Waals surface area (Å²) in [5, 5.41) is 0. The van der Waals surface area contributed by atoms with Crippen molar-refractivity contribution >= 4 is 9.76 Å². The van der Waals surface area contributed by atoms with E-state index in [0.717, 1.165) is 6.04 Å². The van der Waals surface area contributed by atoms with Crippen molar-refractivity contribution in [2.24, 2.45) is 0 Å². The molecule has 0 aromatic heterocycles. The third-order valence-corrected chi connectivity index (χ3v) is 6.33. The minimum atomic E-state index is -0.656. The fourth-order valence-corrected chi connectivity index (χ4v) is 4.30. The maximum atomic E-state index is 8.86. The molecule has 0 saturated heterocycles. The molecule has 0 spiro atoms. The molecular formula is C23H50OSi. The maximum Gasteiger partial charge on any atom is 0.156 e. The minimum absolute atomic E-state index is 0.656. The summed E-state index contributed by atoms with van der Waals surface area (Å²) in [7, 11) is -0.656. The maximum absolute atomic E-state index is 8.86. The van der Waals surface area contributed by atoms with Gasteiger partial charge in [0.1, 0.15) is 0 Å². The van der Waals surface area contributed by atoms with Crippen LogP contribution < -0.4 is 0 Å². The van der Waals surface area contributed by atoms with E-state index < -0.39 is 9.76 Å². The Balaban J connectivity index is 2.94. The Labute approximate surface area is 162 Å². The zero-order valence-corrected chi connectivity index (χ0v) is 19.1. The van der Waals surface area contributed by atoms with Crippen molar-refractivity contribution in [2.75, 3.05) is 0 Å². The van der Waals surface area contributed by atoms with Crippen molar-refractivity contribution in [3.05, 3.63) is 0 Å². The van der Waals surface area contributed by atoms with Crippen molar-refractivity contribution in [3.63, 3.8) is 0 Å². The first-order valence-corrected chi connectivity index (χ1v) is 13.7. The van der Waals surface area contributed by atoms with Gasteiger partial charge in [0.15, 0.2) is 9.76 Å². The van der Waals surface area contributed by atoms with Gasteiger partial charge in [-0.15, -0.1) is 0 Å². The lowest BCUT2D eigenvalue weighted by molar-refractivity contribution is 0.520. The van der Waals surface area contributed by atoms with Crippen LogP contribution in [0.25, 0.3) is 0 Å². The third-order valence-electron chi connectivity index (χ3n) is 5.51. The summed E-state index contributed by atoms with van der Waals surface area (Å²) < 4.78 is 0. The van der Waals surface area contributed by atoms with Crippen LogP contribution in [0.1, 0.15) is 142 Å². The first-order valence-electron chi connectivity index (χ1n) is 12.0. The van der Waals surface area contributed by atoms with Crippen LogP contribution in [0.5, 0.6) is 0 Å². The highest BCUT2D eigenvalue weighted by Gasteiger charge is 1.95. The van der Waals surface area contributed by atoms with Crippen molar-refractivity contribution in [1.29, 1.82) is 0 Å². The molecule has 152 valence electrons. The molecule has 0 aliphatic heterocycles. The largest absolute Gasteiger partial charge is 0.438 e. The summed E-state index contributed by atoms with van der Waals surface area (Å²) in [5.74, 6) is 0. The summed E-state index contributed by atoms with van der Waals surface area (Å²) in [5.41, 5.74) is 0. The predicted molar refractivity (Wildman–Crippen MR) is 118 cm³/mol. The van der Waals surface area contributed by atoms with Gasteiger partial charge in [-0.25, -0.2) is 0 Å². The number of hydrogen-bond donors (Lipinski definition) is 1. The van der Waals surface area contributed by atoms with Crippen molar-refractivity contribution < 1.29 is 4.80 Å². The highest BCUT2D eigenvalue weighted by molar-refractivity contribution is 6.25. The van der Waals surface area contributed by atoms with Gasteiger partial charge >= 0.3 is 0 Å². The molecule has 0 aliphatic carbocycles. The second kappa shape index (κ2) is 24.2. The highest BCUT2D eigenvalue weighted by atomic mass is 28.2. The monoisotopic (exact) mass is 370 g/mol. The van der Waals surface area contributed by atoms with Crippen LogP contribution >= 0.6 is 0 Å². The van der Waals surface area contributed by atoms with E-state index in [9.17, 15) is 0 Å². The Kier molecular flexibility index (Phi) is 24.3. The molecule has 25 heavy (non-hydrogen) atoms. The van der Waals surface area contributed by atoms with Crippen LogP contribution in [-0.2, 0) is 0 Å². The lowest BCUT2D eigenvalue weighted by atomic mass is 10.0. The van der Waals surface area contributed by atoms with Crippen molar-refractivity contribution in [3.8, 4) is 0 Å². The number of unbranched alkanes of at least 4 members (excludes halogenated alkanes) is 20. The molecule has 0 aromatic carbocycles. The van der Waals surface area contributed by atoms with E-state index in [1.165, 1.54) is 135 Å². The van der Waals surface area contributed by atoms with Crippen LogP contribution in [0, 0.1) is 0 Å². The zero-order chi connectivity index (χ0) is 18.3. The van der Waals surface area contributed by atoms with Gasteiger partial charge < -0.3 is 4.80 Å². The minimum Gasteiger partial charge on any atom is -0.438 e. The molecule has 2 heteroatoms. The van der Waals surface area contributed by atoms with Gasteiger partial charge in [0.2, 0.25) is 0 Å². The summed E-state index contributed by atoms with van der Waals surface area (Å²) in [4.78, 5) is 8.86. The number of rotatable bonds is 22. The molecule has 0 fully saturated rings. The molecule has 0 aliphatic rings. The van der Waals surface area contributed by atoms with E-state index >= 15 is 0 Å². The SMILES string of the molecule is CCCCCCCCCCCCCCCCCCCCCCC[SiH2]O. The zero-order valence-electron chi connectivity index (χ0n) is 17.7. The normalized spacial score (nSPS) is 11.8. The summed E-state index contributed by atoms with van der Waals surface area (Å²) in [6, 6.07) is 1.14. The molecule has 0 heterocycles. The second-order valence-electron chi connectivity index (χ2n) is 8.15. The Morgan fingerprint density at radius 1 is 0.400 bits per heavy atom. The third kappa shape index (κ3) is 24.2. The topological polar surface area (TPSA) is 20.2 Å². The fourth-order valence-electron chi connectivity index (χ4n) is 3.72. The van der Waals surface area contributed by atoms with E-state index in [4.69, 9.17) is 4.80 Å². The van der Waals surface area contributed by atoms with E-state index in [1.54, 1.807) is 0 Å². The Hall–Kier alpha value is 0.177. The van der Waals surface area contributed by atoms with Crippen molar-refractivity contribution in [1.82, 2.24) is 0 Å². The smallest absolute Gasteiger partial charge is 0.156 e.